The summed E-state index contributed by atoms with van der Waals surface area (Å²) in [6, 6.07) is 7.26. The standard InChI is InChI=1S/C15H15NO3/c1-2-19-15(18)13-10-6-3-4-7-11(10)14(17)16-9-5-8-12(13)16/h3-4,6-7H,2,5,8-9H2,1H3. The fourth-order valence-electron chi connectivity index (χ4n) is 2.78. The highest BCUT2D eigenvalue weighted by atomic mass is 16.5. The molecule has 0 atom stereocenters. The Morgan fingerprint density at radius 3 is 2.79 bits per heavy atom. The molecule has 0 amide bonds. The van der Waals surface area contributed by atoms with Gasteiger partial charge in [-0.25, -0.2) is 4.79 Å². The van der Waals surface area contributed by atoms with E-state index in [4.69, 9.17) is 4.74 Å². The minimum Gasteiger partial charge on any atom is -0.462 e. The van der Waals surface area contributed by atoms with Gasteiger partial charge in [-0.05, 0) is 25.8 Å². The molecule has 0 radical (unpaired) electrons. The van der Waals surface area contributed by atoms with Crippen molar-refractivity contribution in [2.45, 2.75) is 26.3 Å². The molecule has 4 nitrogen and oxygen atoms in total. The van der Waals surface area contributed by atoms with Gasteiger partial charge in [0.25, 0.3) is 5.56 Å². The van der Waals surface area contributed by atoms with Crippen molar-refractivity contribution in [2.24, 2.45) is 0 Å². The first-order valence-corrected chi connectivity index (χ1v) is 6.55. The molecule has 0 saturated heterocycles. The number of benzene rings is 1. The molecule has 0 spiro atoms. The van der Waals surface area contributed by atoms with Crippen LogP contribution in [0.5, 0.6) is 0 Å². The first kappa shape index (κ1) is 12.0. The summed E-state index contributed by atoms with van der Waals surface area (Å²) in [5, 5.41) is 1.30. The lowest BCUT2D eigenvalue weighted by Crippen LogP contribution is -2.23. The molecule has 0 N–H and O–H groups in total. The highest BCUT2D eigenvalue weighted by molar-refractivity contribution is 6.05. The molecule has 1 aromatic heterocycles. The number of aromatic nitrogens is 1. The van der Waals surface area contributed by atoms with E-state index >= 15 is 0 Å². The molecule has 1 aliphatic heterocycles. The molecule has 0 fully saturated rings. The van der Waals surface area contributed by atoms with E-state index in [9.17, 15) is 9.59 Å². The van der Waals surface area contributed by atoms with Gasteiger partial charge in [0.05, 0.1) is 12.2 Å². The maximum atomic E-state index is 12.4. The van der Waals surface area contributed by atoms with Gasteiger partial charge in [-0.2, -0.15) is 0 Å². The van der Waals surface area contributed by atoms with Crippen molar-refractivity contribution in [3.63, 3.8) is 0 Å². The Morgan fingerprint density at radius 1 is 1.32 bits per heavy atom. The summed E-state index contributed by atoms with van der Waals surface area (Å²) >= 11 is 0. The highest BCUT2D eigenvalue weighted by Crippen LogP contribution is 2.25. The van der Waals surface area contributed by atoms with Crippen LogP contribution in [0.25, 0.3) is 10.8 Å². The molecule has 0 saturated carbocycles. The van der Waals surface area contributed by atoms with Crippen molar-refractivity contribution < 1.29 is 9.53 Å². The molecular formula is C15H15NO3. The van der Waals surface area contributed by atoms with Crippen LogP contribution >= 0.6 is 0 Å². The first-order valence-electron chi connectivity index (χ1n) is 6.55. The second-order valence-corrected chi connectivity index (χ2v) is 4.65. The molecular weight excluding hydrogens is 242 g/mol. The van der Waals surface area contributed by atoms with E-state index in [1.807, 2.05) is 18.2 Å². The second-order valence-electron chi connectivity index (χ2n) is 4.65. The van der Waals surface area contributed by atoms with E-state index in [0.717, 1.165) is 18.5 Å². The van der Waals surface area contributed by atoms with Crippen LogP contribution in [0.2, 0.25) is 0 Å². The van der Waals surface area contributed by atoms with Crippen molar-refractivity contribution >= 4 is 16.7 Å². The van der Waals surface area contributed by atoms with Crippen LogP contribution in [0, 0.1) is 0 Å². The molecule has 98 valence electrons. The molecule has 0 unspecified atom stereocenters. The van der Waals surface area contributed by atoms with Crippen molar-refractivity contribution in [3.05, 3.63) is 45.9 Å². The maximum absolute atomic E-state index is 12.4. The molecule has 1 aliphatic rings. The van der Waals surface area contributed by atoms with E-state index < -0.39 is 0 Å². The zero-order valence-corrected chi connectivity index (χ0v) is 10.8. The van der Waals surface area contributed by atoms with Crippen molar-refractivity contribution in [2.75, 3.05) is 6.61 Å². The summed E-state index contributed by atoms with van der Waals surface area (Å²) in [7, 11) is 0. The summed E-state index contributed by atoms with van der Waals surface area (Å²) in [5.74, 6) is -0.329. The molecule has 19 heavy (non-hydrogen) atoms. The Balaban J connectivity index is 2.39. The number of carbonyl (C=O) groups excluding carboxylic acids is 1. The van der Waals surface area contributed by atoms with Crippen LogP contribution in [0.1, 0.15) is 29.4 Å². The van der Waals surface area contributed by atoms with E-state index in [1.165, 1.54) is 0 Å². The molecule has 4 heteroatoms. The number of carbonyl (C=O) groups is 1. The van der Waals surface area contributed by atoms with Gasteiger partial charge in [0.15, 0.2) is 0 Å². The van der Waals surface area contributed by atoms with Crippen molar-refractivity contribution in [1.29, 1.82) is 0 Å². The van der Waals surface area contributed by atoms with E-state index in [2.05, 4.69) is 0 Å². The van der Waals surface area contributed by atoms with E-state index in [1.54, 1.807) is 17.6 Å². The fraction of sp³-hybridized carbons (Fsp3) is 0.333. The minimum atomic E-state index is -0.329. The van der Waals surface area contributed by atoms with Gasteiger partial charge in [0.2, 0.25) is 0 Å². The lowest BCUT2D eigenvalue weighted by Gasteiger charge is -2.12. The first-order chi connectivity index (χ1) is 9.24. The topological polar surface area (TPSA) is 48.3 Å². The van der Waals surface area contributed by atoms with Gasteiger partial charge in [-0.3, -0.25) is 4.79 Å². The molecule has 1 aromatic carbocycles. The van der Waals surface area contributed by atoms with Crippen LogP contribution < -0.4 is 5.56 Å². The van der Waals surface area contributed by atoms with Gasteiger partial charge >= 0.3 is 5.97 Å². The van der Waals surface area contributed by atoms with Crippen molar-refractivity contribution in [1.82, 2.24) is 4.57 Å². The van der Waals surface area contributed by atoms with Crippen LogP contribution in [-0.2, 0) is 17.7 Å². The molecule has 2 heterocycles. The normalized spacial score (nSPS) is 13.5. The number of hydrogen-bond donors (Lipinski definition) is 0. The van der Waals surface area contributed by atoms with Crippen molar-refractivity contribution in [3.8, 4) is 0 Å². The number of fused-ring (bicyclic) bond motifs is 2. The maximum Gasteiger partial charge on any atom is 0.340 e. The molecule has 0 bridgehead atoms. The lowest BCUT2D eigenvalue weighted by molar-refractivity contribution is 0.0526. The quantitative estimate of drug-likeness (QED) is 0.774. The van der Waals surface area contributed by atoms with Gasteiger partial charge in [-0.1, -0.05) is 18.2 Å². The number of esters is 1. The fourth-order valence-corrected chi connectivity index (χ4v) is 2.78. The predicted octanol–water partition coefficient (Wildman–Crippen LogP) is 2.12. The largest absolute Gasteiger partial charge is 0.462 e. The average Bonchev–Trinajstić information content (AvgIpc) is 2.89. The molecule has 0 aliphatic carbocycles. The SMILES string of the molecule is CCOC(=O)c1c2n(c(=O)c3ccccc13)CCC2. The number of rotatable bonds is 2. The number of hydrogen-bond acceptors (Lipinski definition) is 3. The summed E-state index contributed by atoms with van der Waals surface area (Å²) in [5.41, 5.74) is 1.38. The minimum absolute atomic E-state index is 0.00357. The van der Waals surface area contributed by atoms with Crippen LogP contribution in [0.4, 0.5) is 0 Å². The third-order valence-electron chi connectivity index (χ3n) is 3.56. The van der Waals surface area contributed by atoms with Crippen LogP contribution in [0.15, 0.2) is 29.1 Å². The summed E-state index contributed by atoms with van der Waals surface area (Å²) in [6.45, 7) is 2.81. The van der Waals surface area contributed by atoms with Gasteiger partial charge in [-0.15, -0.1) is 0 Å². The lowest BCUT2D eigenvalue weighted by atomic mass is 10.0. The zero-order valence-electron chi connectivity index (χ0n) is 10.8. The predicted molar refractivity (Wildman–Crippen MR) is 72.5 cm³/mol. The van der Waals surface area contributed by atoms with Gasteiger partial charge in [0, 0.05) is 23.0 Å². The molecule has 2 aromatic rings. The Hall–Kier alpha value is -2.10. The summed E-state index contributed by atoms with van der Waals surface area (Å²) in [6.07, 6.45) is 1.66. The summed E-state index contributed by atoms with van der Waals surface area (Å²) < 4.78 is 6.86. The Kier molecular flexibility index (Phi) is 2.85. The van der Waals surface area contributed by atoms with Crippen LogP contribution in [-0.4, -0.2) is 17.1 Å². The Labute approximate surface area is 110 Å². The van der Waals surface area contributed by atoms with Gasteiger partial charge < -0.3 is 9.30 Å². The molecule has 3 rings (SSSR count). The zero-order chi connectivity index (χ0) is 13.4. The monoisotopic (exact) mass is 257 g/mol. The smallest absolute Gasteiger partial charge is 0.340 e. The highest BCUT2D eigenvalue weighted by Gasteiger charge is 2.25. The Bertz CT molecular complexity index is 715. The number of ether oxygens (including phenoxy) is 1. The third kappa shape index (κ3) is 1.75. The average molecular weight is 257 g/mol. The van der Waals surface area contributed by atoms with Crippen LogP contribution in [0.3, 0.4) is 0 Å². The third-order valence-corrected chi connectivity index (χ3v) is 3.56. The van der Waals surface area contributed by atoms with Gasteiger partial charge in [0.1, 0.15) is 0 Å². The van der Waals surface area contributed by atoms with E-state index in [0.29, 0.717) is 29.5 Å². The number of nitrogens with zero attached hydrogens (tertiary/aromatic N) is 1. The number of pyridine rings is 1. The summed E-state index contributed by atoms with van der Waals surface area (Å²) in [4.78, 5) is 24.6. The second kappa shape index (κ2) is 4.53. The Morgan fingerprint density at radius 2 is 2.05 bits per heavy atom. The van der Waals surface area contributed by atoms with E-state index in [-0.39, 0.29) is 11.5 Å².